The first-order valence-electron chi connectivity index (χ1n) is 6.04. The summed E-state index contributed by atoms with van der Waals surface area (Å²) >= 11 is 1.66. The number of likely N-dealkylation sites (N-methyl/N-ethyl adjacent to an activating group) is 1. The predicted molar refractivity (Wildman–Crippen MR) is 76.0 cm³/mol. The van der Waals surface area contributed by atoms with Gasteiger partial charge in [0.05, 0.1) is 7.11 Å². The molecule has 1 rings (SSSR count). The summed E-state index contributed by atoms with van der Waals surface area (Å²) in [6, 6.07) is 8.27. The van der Waals surface area contributed by atoms with Gasteiger partial charge in [-0.05, 0) is 32.5 Å². The van der Waals surface area contributed by atoms with E-state index in [0.29, 0.717) is 5.75 Å². The molecule has 1 aromatic carbocycles. The quantitative estimate of drug-likeness (QED) is 0.635. The van der Waals surface area contributed by atoms with E-state index >= 15 is 0 Å². The average molecular weight is 267 g/mol. The van der Waals surface area contributed by atoms with Crippen molar-refractivity contribution >= 4 is 17.7 Å². The van der Waals surface area contributed by atoms with Crippen LogP contribution in [0.2, 0.25) is 0 Å². The van der Waals surface area contributed by atoms with Crippen molar-refractivity contribution in [2.75, 3.05) is 19.4 Å². The number of carbonyl (C=O) groups is 1. The number of nitrogens with one attached hydrogen (secondary N) is 1. The maximum atomic E-state index is 11.8. The Labute approximate surface area is 113 Å². The van der Waals surface area contributed by atoms with E-state index in [9.17, 15) is 4.79 Å². The number of carbonyl (C=O) groups excluding carboxylic acids is 1. The molecule has 0 spiro atoms. The predicted octanol–water partition coefficient (Wildman–Crippen LogP) is 2.63. The first-order valence-corrected chi connectivity index (χ1v) is 7.03. The summed E-state index contributed by atoms with van der Waals surface area (Å²) < 4.78 is 4.87. The van der Waals surface area contributed by atoms with E-state index in [1.807, 2.05) is 19.9 Å². The van der Waals surface area contributed by atoms with E-state index in [-0.39, 0.29) is 5.97 Å². The highest BCUT2D eigenvalue weighted by atomic mass is 32.2. The molecule has 1 aromatic rings. The summed E-state index contributed by atoms with van der Waals surface area (Å²) in [5.74, 6) is 0.432. The van der Waals surface area contributed by atoms with Gasteiger partial charge in [0.2, 0.25) is 0 Å². The maximum Gasteiger partial charge on any atom is 0.326 e. The van der Waals surface area contributed by atoms with Crippen LogP contribution in [-0.4, -0.2) is 30.9 Å². The lowest BCUT2D eigenvalue weighted by Gasteiger charge is -2.27. The molecule has 3 nitrogen and oxygen atoms in total. The summed E-state index contributed by atoms with van der Waals surface area (Å²) in [5.41, 5.74) is 0.584. The lowest BCUT2D eigenvalue weighted by Crippen LogP contribution is -2.52. The average Bonchev–Trinajstić information content (AvgIpc) is 2.36. The topological polar surface area (TPSA) is 38.3 Å². The number of ether oxygens (including phenoxy) is 1. The Morgan fingerprint density at radius 3 is 2.78 bits per heavy atom. The van der Waals surface area contributed by atoms with Crippen LogP contribution in [0.25, 0.3) is 0 Å². The van der Waals surface area contributed by atoms with E-state index in [1.165, 1.54) is 17.6 Å². The molecule has 0 aliphatic heterocycles. The molecule has 100 valence electrons. The highest BCUT2D eigenvalue weighted by Gasteiger charge is 2.33. The van der Waals surface area contributed by atoms with Crippen molar-refractivity contribution in [3.8, 4) is 0 Å². The fourth-order valence-corrected chi connectivity index (χ4v) is 2.85. The van der Waals surface area contributed by atoms with Crippen LogP contribution >= 0.6 is 11.8 Å². The molecule has 0 amide bonds. The third-order valence-electron chi connectivity index (χ3n) is 2.72. The van der Waals surface area contributed by atoms with Crippen LogP contribution in [0.5, 0.6) is 0 Å². The molecular weight excluding hydrogens is 246 g/mol. The van der Waals surface area contributed by atoms with Crippen LogP contribution in [0.1, 0.15) is 19.4 Å². The van der Waals surface area contributed by atoms with Gasteiger partial charge in [-0.1, -0.05) is 24.6 Å². The van der Waals surface area contributed by atoms with E-state index in [0.717, 1.165) is 6.54 Å². The van der Waals surface area contributed by atoms with Crippen LogP contribution in [0.3, 0.4) is 0 Å². The van der Waals surface area contributed by atoms with Crippen molar-refractivity contribution in [1.29, 1.82) is 0 Å². The van der Waals surface area contributed by atoms with Crippen LogP contribution in [-0.2, 0) is 9.53 Å². The van der Waals surface area contributed by atoms with Crippen molar-refractivity contribution in [1.82, 2.24) is 5.32 Å². The van der Waals surface area contributed by atoms with E-state index in [2.05, 4.69) is 30.4 Å². The Bertz CT molecular complexity index is 409. The molecule has 0 aliphatic carbocycles. The van der Waals surface area contributed by atoms with Gasteiger partial charge < -0.3 is 10.1 Å². The molecule has 1 N–H and O–H groups in total. The van der Waals surface area contributed by atoms with Crippen LogP contribution in [0.4, 0.5) is 0 Å². The SMILES string of the molecule is CCNC(C)(CSc1cccc(C)c1)C(=O)OC. The lowest BCUT2D eigenvalue weighted by atomic mass is 10.1. The number of hydrogen-bond acceptors (Lipinski definition) is 4. The lowest BCUT2D eigenvalue weighted by molar-refractivity contribution is -0.146. The molecule has 0 bridgehead atoms. The van der Waals surface area contributed by atoms with Gasteiger partial charge in [0.1, 0.15) is 5.54 Å². The molecule has 1 atom stereocenters. The third-order valence-corrected chi connectivity index (χ3v) is 4.03. The standard InChI is InChI=1S/C14H21NO2S/c1-5-15-14(3,13(16)17-4)10-18-12-8-6-7-11(2)9-12/h6-9,15H,5,10H2,1-4H3. The van der Waals surface area contributed by atoms with Gasteiger partial charge in [0.25, 0.3) is 0 Å². The smallest absolute Gasteiger partial charge is 0.326 e. The minimum atomic E-state index is -0.641. The highest BCUT2D eigenvalue weighted by Crippen LogP contribution is 2.24. The van der Waals surface area contributed by atoms with Crippen molar-refractivity contribution in [3.05, 3.63) is 29.8 Å². The molecule has 0 heterocycles. The van der Waals surface area contributed by atoms with Gasteiger partial charge in [-0.2, -0.15) is 0 Å². The molecule has 0 aromatic heterocycles. The van der Waals surface area contributed by atoms with Gasteiger partial charge in [-0.15, -0.1) is 11.8 Å². The molecule has 4 heteroatoms. The first-order chi connectivity index (χ1) is 8.51. The van der Waals surface area contributed by atoms with Gasteiger partial charge in [0.15, 0.2) is 0 Å². The van der Waals surface area contributed by atoms with Crippen LogP contribution in [0.15, 0.2) is 29.2 Å². The largest absolute Gasteiger partial charge is 0.468 e. The van der Waals surface area contributed by atoms with E-state index in [1.54, 1.807) is 11.8 Å². The number of hydrogen-bond donors (Lipinski definition) is 1. The number of benzene rings is 1. The molecule has 0 aliphatic rings. The molecule has 1 unspecified atom stereocenters. The zero-order valence-electron chi connectivity index (χ0n) is 11.4. The summed E-state index contributed by atoms with van der Waals surface area (Å²) in [6.45, 7) is 6.66. The number of methoxy groups -OCH3 is 1. The molecule has 0 fully saturated rings. The third kappa shape index (κ3) is 4.03. The minimum Gasteiger partial charge on any atom is -0.468 e. The number of aryl methyl sites for hydroxylation is 1. The zero-order chi connectivity index (χ0) is 13.6. The normalized spacial score (nSPS) is 14.0. The van der Waals surface area contributed by atoms with E-state index in [4.69, 9.17) is 4.74 Å². The van der Waals surface area contributed by atoms with Crippen molar-refractivity contribution < 1.29 is 9.53 Å². The van der Waals surface area contributed by atoms with Crippen LogP contribution < -0.4 is 5.32 Å². The van der Waals surface area contributed by atoms with Gasteiger partial charge >= 0.3 is 5.97 Å². The molecule has 0 radical (unpaired) electrons. The first kappa shape index (κ1) is 15.1. The highest BCUT2D eigenvalue weighted by molar-refractivity contribution is 7.99. The monoisotopic (exact) mass is 267 g/mol. The summed E-state index contributed by atoms with van der Waals surface area (Å²) in [4.78, 5) is 13.0. The van der Waals surface area contributed by atoms with E-state index < -0.39 is 5.54 Å². The van der Waals surface area contributed by atoms with Gasteiger partial charge in [-0.25, -0.2) is 0 Å². The fraction of sp³-hybridized carbons (Fsp3) is 0.500. The maximum absolute atomic E-state index is 11.8. The van der Waals surface area contributed by atoms with Crippen LogP contribution in [0, 0.1) is 6.92 Å². The van der Waals surface area contributed by atoms with Crippen molar-refractivity contribution in [3.63, 3.8) is 0 Å². The summed E-state index contributed by atoms with van der Waals surface area (Å²) in [6.07, 6.45) is 0. The molecular formula is C14H21NO2S. The fourth-order valence-electron chi connectivity index (χ4n) is 1.73. The minimum absolute atomic E-state index is 0.218. The zero-order valence-corrected chi connectivity index (χ0v) is 12.3. The molecule has 0 saturated carbocycles. The Morgan fingerprint density at radius 1 is 1.50 bits per heavy atom. The second-order valence-electron chi connectivity index (χ2n) is 4.46. The Hall–Kier alpha value is -1.00. The Morgan fingerprint density at radius 2 is 2.22 bits per heavy atom. The summed E-state index contributed by atoms with van der Waals surface area (Å²) in [5, 5.41) is 3.20. The van der Waals surface area contributed by atoms with Gasteiger partial charge in [-0.3, -0.25) is 4.79 Å². The molecule has 0 saturated heterocycles. The Balaban J connectivity index is 2.70. The van der Waals surface area contributed by atoms with Crippen molar-refractivity contribution in [2.45, 2.75) is 31.2 Å². The summed E-state index contributed by atoms with van der Waals surface area (Å²) in [7, 11) is 1.43. The Kier molecular flexibility index (Phi) is 5.69. The number of thioether (sulfide) groups is 1. The second-order valence-corrected chi connectivity index (χ2v) is 5.51. The molecule has 18 heavy (non-hydrogen) atoms. The number of rotatable bonds is 6. The van der Waals surface area contributed by atoms with Gasteiger partial charge in [0, 0.05) is 10.6 Å². The van der Waals surface area contributed by atoms with Crippen molar-refractivity contribution in [2.24, 2.45) is 0 Å². The second kappa shape index (κ2) is 6.81. The number of esters is 1.